The van der Waals surface area contributed by atoms with Crippen LogP contribution in [0.15, 0.2) is 18.2 Å². The molecule has 3 N–H and O–H groups in total. The molecule has 0 spiro atoms. The minimum Gasteiger partial charge on any atom is -0.349 e. The second-order valence-electron chi connectivity index (χ2n) is 4.26. The maximum absolute atomic E-state index is 11.6. The Labute approximate surface area is 96.3 Å². The zero-order valence-electron chi connectivity index (χ0n) is 10.0. The molecular formula is C12H19N3O. The minimum atomic E-state index is -0.454. The summed E-state index contributed by atoms with van der Waals surface area (Å²) in [6, 6.07) is 5.27. The van der Waals surface area contributed by atoms with Crippen molar-refractivity contribution < 1.29 is 4.79 Å². The quantitative estimate of drug-likeness (QED) is 0.796. The molecule has 1 amide bonds. The number of hydrogen-bond donors (Lipinski definition) is 2. The second-order valence-corrected chi connectivity index (χ2v) is 4.26. The number of aryl methyl sites for hydroxylation is 1. The van der Waals surface area contributed by atoms with E-state index in [4.69, 9.17) is 5.73 Å². The highest BCUT2D eigenvalue weighted by Gasteiger charge is 2.16. The molecule has 0 fully saturated rings. The second kappa shape index (κ2) is 5.61. The van der Waals surface area contributed by atoms with Gasteiger partial charge in [0.25, 0.3) is 0 Å². The van der Waals surface area contributed by atoms with Gasteiger partial charge in [0.05, 0.1) is 18.3 Å². The molecule has 0 aromatic carbocycles. The summed E-state index contributed by atoms with van der Waals surface area (Å²) in [6.07, 6.45) is 0. The highest BCUT2D eigenvalue weighted by molar-refractivity contribution is 5.81. The fraction of sp³-hybridized carbons (Fsp3) is 0.500. The number of hydrogen-bond acceptors (Lipinski definition) is 3. The summed E-state index contributed by atoms with van der Waals surface area (Å²) in [7, 11) is 0. The van der Waals surface area contributed by atoms with Crippen LogP contribution in [0.3, 0.4) is 0 Å². The Balaban J connectivity index is 2.49. The van der Waals surface area contributed by atoms with E-state index in [1.165, 1.54) is 0 Å². The molecule has 0 unspecified atom stereocenters. The highest BCUT2D eigenvalue weighted by atomic mass is 16.2. The molecule has 0 aliphatic carbocycles. The number of nitrogens with one attached hydrogen (secondary N) is 1. The van der Waals surface area contributed by atoms with Crippen molar-refractivity contribution in [1.82, 2.24) is 10.3 Å². The van der Waals surface area contributed by atoms with E-state index in [9.17, 15) is 4.79 Å². The molecule has 4 nitrogen and oxygen atoms in total. The molecule has 1 aromatic rings. The van der Waals surface area contributed by atoms with Crippen molar-refractivity contribution in [2.24, 2.45) is 11.7 Å². The first-order chi connectivity index (χ1) is 7.50. The molecule has 88 valence electrons. The maximum atomic E-state index is 11.6. The van der Waals surface area contributed by atoms with Crippen molar-refractivity contribution in [3.63, 3.8) is 0 Å². The lowest BCUT2D eigenvalue weighted by Gasteiger charge is -2.15. The fourth-order valence-electron chi connectivity index (χ4n) is 1.30. The van der Waals surface area contributed by atoms with E-state index in [2.05, 4.69) is 10.3 Å². The number of pyridine rings is 1. The molecule has 0 saturated carbocycles. The van der Waals surface area contributed by atoms with Crippen molar-refractivity contribution in [1.29, 1.82) is 0 Å². The van der Waals surface area contributed by atoms with Crippen LogP contribution in [0.1, 0.15) is 25.2 Å². The van der Waals surface area contributed by atoms with Crippen molar-refractivity contribution in [3.05, 3.63) is 29.6 Å². The lowest BCUT2D eigenvalue weighted by atomic mass is 10.1. The summed E-state index contributed by atoms with van der Waals surface area (Å²) >= 11 is 0. The van der Waals surface area contributed by atoms with Crippen molar-refractivity contribution in [2.75, 3.05) is 0 Å². The fourth-order valence-corrected chi connectivity index (χ4v) is 1.30. The molecule has 0 aliphatic heterocycles. The van der Waals surface area contributed by atoms with Crippen LogP contribution >= 0.6 is 0 Å². The highest BCUT2D eigenvalue weighted by Crippen LogP contribution is 2.00. The Kier molecular flexibility index (Phi) is 4.43. The van der Waals surface area contributed by atoms with Crippen molar-refractivity contribution in [3.8, 4) is 0 Å². The Bertz CT molecular complexity index is 363. The van der Waals surface area contributed by atoms with E-state index in [0.717, 1.165) is 11.4 Å². The summed E-state index contributed by atoms with van der Waals surface area (Å²) in [4.78, 5) is 15.9. The van der Waals surface area contributed by atoms with E-state index in [1.54, 1.807) is 0 Å². The normalized spacial score (nSPS) is 12.6. The van der Waals surface area contributed by atoms with Crippen molar-refractivity contribution >= 4 is 5.91 Å². The van der Waals surface area contributed by atoms with Gasteiger partial charge in [-0.3, -0.25) is 9.78 Å². The zero-order chi connectivity index (χ0) is 12.1. The van der Waals surface area contributed by atoms with Crippen molar-refractivity contribution in [2.45, 2.75) is 33.4 Å². The number of aromatic nitrogens is 1. The van der Waals surface area contributed by atoms with Gasteiger partial charge >= 0.3 is 0 Å². The van der Waals surface area contributed by atoms with Gasteiger partial charge < -0.3 is 11.1 Å². The number of amides is 1. The van der Waals surface area contributed by atoms with E-state index < -0.39 is 6.04 Å². The first-order valence-corrected chi connectivity index (χ1v) is 5.46. The SMILES string of the molecule is Cc1cccc(CNC(=O)[C@H](N)C(C)C)n1. The molecule has 0 saturated heterocycles. The summed E-state index contributed by atoms with van der Waals surface area (Å²) in [5, 5.41) is 2.78. The topological polar surface area (TPSA) is 68.0 Å². The minimum absolute atomic E-state index is 0.127. The summed E-state index contributed by atoms with van der Waals surface area (Å²) in [6.45, 7) is 6.20. The number of rotatable bonds is 4. The molecule has 16 heavy (non-hydrogen) atoms. The third-order valence-electron chi connectivity index (χ3n) is 2.41. The number of nitrogens with zero attached hydrogens (tertiary/aromatic N) is 1. The molecule has 1 aromatic heterocycles. The lowest BCUT2D eigenvalue weighted by molar-refractivity contribution is -0.123. The van der Waals surface area contributed by atoms with Crippen LogP contribution in [0.2, 0.25) is 0 Å². The Hall–Kier alpha value is -1.42. The van der Waals surface area contributed by atoms with Crippen LogP contribution in [0.4, 0.5) is 0 Å². The van der Waals surface area contributed by atoms with Gasteiger partial charge in [0.2, 0.25) is 5.91 Å². The standard InChI is InChI=1S/C12H19N3O/c1-8(2)11(13)12(16)14-7-10-6-4-5-9(3)15-10/h4-6,8,11H,7,13H2,1-3H3,(H,14,16)/t11-/m1/s1. The van der Waals surface area contributed by atoms with E-state index in [-0.39, 0.29) is 11.8 Å². The number of carbonyl (C=O) groups is 1. The van der Waals surface area contributed by atoms with Crippen LogP contribution in [0.25, 0.3) is 0 Å². The molecule has 4 heteroatoms. The molecule has 1 heterocycles. The third-order valence-corrected chi connectivity index (χ3v) is 2.41. The first kappa shape index (κ1) is 12.6. The monoisotopic (exact) mass is 221 g/mol. The Morgan fingerprint density at radius 1 is 1.50 bits per heavy atom. The molecule has 0 aliphatic rings. The smallest absolute Gasteiger partial charge is 0.237 e. The van der Waals surface area contributed by atoms with Crippen LogP contribution < -0.4 is 11.1 Å². The van der Waals surface area contributed by atoms with Gasteiger partial charge in [-0.05, 0) is 25.0 Å². The average Bonchev–Trinajstić information content (AvgIpc) is 2.24. The van der Waals surface area contributed by atoms with Gasteiger partial charge in [-0.15, -0.1) is 0 Å². The maximum Gasteiger partial charge on any atom is 0.237 e. The van der Waals surface area contributed by atoms with Gasteiger partial charge in [-0.1, -0.05) is 19.9 Å². The molecule has 0 radical (unpaired) electrons. The van der Waals surface area contributed by atoms with Gasteiger partial charge in [-0.2, -0.15) is 0 Å². The largest absolute Gasteiger partial charge is 0.349 e. The van der Waals surface area contributed by atoms with Crippen LogP contribution in [-0.4, -0.2) is 16.9 Å². The van der Waals surface area contributed by atoms with Gasteiger partial charge in [-0.25, -0.2) is 0 Å². The van der Waals surface area contributed by atoms with E-state index in [1.807, 2.05) is 39.0 Å². The predicted molar refractivity (Wildman–Crippen MR) is 63.6 cm³/mol. The first-order valence-electron chi connectivity index (χ1n) is 5.46. The van der Waals surface area contributed by atoms with Gasteiger partial charge in [0.15, 0.2) is 0 Å². The zero-order valence-corrected chi connectivity index (χ0v) is 10.0. The lowest BCUT2D eigenvalue weighted by Crippen LogP contribution is -2.43. The molecular weight excluding hydrogens is 202 g/mol. The summed E-state index contributed by atoms with van der Waals surface area (Å²) in [5.74, 6) is 0.0174. The Morgan fingerprint density at radius 2 is 2.19 bits per heavy atom. The number of nitrogens with two attached hydrogens (primary N) is 1. The van der Waals surface area contributed by atoms with Crippen LogP contribution in [0, 0.1) is 12.8 Å². The Morgan fingerprint density at radius 3 is 2.75 bits per heavy atom. The van der Waals surface area contributed by atoms with E-state index in [0.29, 0.717) is 6.54 Å². The van der Waals surface area contributed by atoms with Gasteiger partial charge in [0, 0.05) is 5.69 Å². The average molecular weight is 221 g/mol. The molecule has 1 rings (SSSR count). The predicted octanol–water partition coefficient (Wildman–Crippen LogP) is 0.990. The molecule has 0 bridgehead atoms. The van der Waals surface area contributed by atoms with Crippen LogP contribution in [-0.2, 0) is 11.3 Å². The van der Waals surface area contributed by atoms with Gasteiger partial charge in [0.1, 0.15) is 0 Å². The van der Waals surface area contributed by atoms with E-state index >= 15 is 0 Å². The molecule has 1 atom stereocenters. The summed E-state index contributed by atoms with van der Waals surface area (Å²) < 4.78 is 0. The third kappa shape index (κ3) is 3.62. The van der Waals surface area contributed by atoms with Crippen LogP contribution in [0.5, 0.6) is 0 Å². The number of carbonyl (C=O) groups excluding carboxylic acids is 1. The summed E-state index contributed by atoms with van der Waals surface area (Å²) in [5.41, 5.74) is 7.52.